The molecule has 36 heavy (non-hydrogen) atoms. The third-order valence-electron chi connectivity index (χ3n) is 7.55. The van der Waals surface area contributed by atoms with Gasteiger partial charge in [0.05, 0.1) is 18.6 Å². The zero-order chi connectivity index (χ0) is 25.5. The third kappa shape index (κ3) is 6.24. The third-order valence-corrected chi connectivity index (χ3v) is 17.8. The molecule has 0 aromatic carbocycles. The number of carbonyl (C=O) groups excluding carboxylic acids is 1. The van der Waals surface area contributed by atoms with Gasteiger partial charge in [-0.15, -0.1) is 0 Å². The summed E-state index contributed by atoms with van der Waals surface area (Å²) >= 11 is 0. The van der Waals surface area contributed by atoms with Gasteiger partial charge in [-0.1, -0.05) is 73.1 Å². The smallest absolute Gasteiger partial charge is 0.335 e. The maximum atomic E-state index is 12.1. The van der Waals surface area contributed by atoms with Crippen molar-refractivity contribution in [1.82, 2.24) is 0 Å². The minimum Gasteiger partial charge on any atom is -0.643 e. The van der Waals surface area contributed by atoms with Gasteiger partial charge in [0.15, 0.2) is 0 Å². The molecule has 1 aliphatic carbocycles. The molecule has 1 amide bonds. The monoisotopic (exact) mass is 787 g/mol. The molecule has 3 rings (SSSR count). The van der Waals surface area contributed by atoms with Crippen LogP contribution in [0.1, 0.15) is 68.7 Å². The van der Waals surface area contributed by atoms with E-state index in [-0.39, 0.29) is 102 Å². The topological polar surface area (TPSA) is 97.6 Å². The van der Waals surface area contributed by atoms with E-state index in [2.05, 4.69) is 60.7 Å². The van der Waals surface area contributed by atoms with Gasteiger partial charge in [0.25, 0.3) is 0 Å². The normalized spacial score (nSPS) is 32.6. The Balaban J connectivity index is 0.00000324. The van der Waals surface area contributed by atoms with E-state index in [1.54, 1.807) is 6.08 Å². The van der Waals surface area contributed by atoms with Gasteiger partial charge in [0, 0.05) is 60.4 Å². The van der Waals surface area contributed by atoms with Crippen molar-refractivity contribution in [1.29, 1.82) is 0 Å². The molecule has 4 atom stereocenters. The van der Waals surface area contributed by atoms with Gasteiger partial charge in [0.1, 0.15) is 18.5 Å². The van der Waals surface area contributed by atoms with Gasteiger partial charge in [-0.05, 0) is 35.5 Å². The molecule has 2 heterocycles. The van der Waals surface area contributed by atoms with Crippen LogP contribution < -0.4 is 0 Å². The van der Waals surface area contributed by atoms with Crippen LogP contribution in [-0.2, 0) is 81.0 Å². The quantitative estimate of drug-likeness (QED) is 0.120. The number of carbonyl (C=O) groups is 1. The summed E-state index contributed by atoms with van der Waals surface area (Å²) in [7, 11) is -5.84. The van der Waals surface area contributed by atoms with Crippen molar-refractivity contribution in [3.05, 3.63) is 17.5 Å². The zero-order valence-electron chi connectivity index (χ0n) is 23.3. The second-order valence-electron chi connectivity index (χ2n) is 11.2. The Hall–Kier alpha value is 1.20. The molecular formula is C24H44NO7Si2WY-. The Morgan fingerprint density at radius 1 is 0.972 bits per heavy atom. The number of hydrogen-bond donors (Lipinski definition) is 1. The van der Waals surface area contributed by atoms with Crippen LogP contribution in [-0.4, -0.2) is 71.5 Å². The molecule has 3 aliphatic rings. The fourth-order valence-electron chi connectivity index (χ4n) is 5.57. The van der Waals surface area contributed by atoms with Crippen molar-refractivity contribution < 1.29 is 86.1 Å². The second-order valence-corrected chi connectivity index (χ2v) is 20.0. The summed E-state index contributed by atoms with van der Waals surface area (Å²) in [6.45, 7) is 19.6. The van der Waals surface area contributed by atoms with Crippen molar-refractivity contribution in [2.75, 3.05) is 20.0 Å². The summed E-state index contributed by atoms with van der Waals surface area (Å²) in [5, 5.41) is 16.3. The number of rotatable bonds is 9. The Bertz CT molecular complexity index is 762. The van der Waals surface area contributed by atoms with Crippen LogP contribution in [0.4, 0.5) is 0 Å². The SMILES string of the molecule is CCOCOC[C@]1(O)C=C[C@]2(CC(=O)[N-]2)[C@@H]2O[Si](C(C)C)(C(C)C)O[Si](C(C)C)(C(C)C)O[C@@H]21.[W].[Y]. The Labute approximate surface area is 259 Å². The number of nitrogens with zero attached hydrogens (tertiary/aromatic N) is 1. The summed E-state index contributed by atoms with van der Waals surface area (Å²) in [6, 6.07) is 0. The maximum absolute atomic E-state index is 12.1. The van der Waals surface area contributed by atoms with Gasteiger partial charge >= 0.3 is 17.1 Å². The molecule has 205 valence electrons. The fourth-order valence-corrected chi connectivity index (χ4v) is 16.9. The van der Waals surface area contributed by atoms with Gasteiger partial charge in [-0.25, -0.2) is 0 Å². The minimum absolute atomic E-state index is 0. The molecule has 12 heteroatoms. The predicted molar refractivity (Wildman–Crippen MR) is 135 cm³/mol. The van der Waals surface area contributed by atoms with E-state index in [9.17, 15) is 9.90 Å². The van der Waals surface area contributed by atoms with E-state index in [1.165, 1.54) is 0 Å². The number of hydrogen-bond acceptors (Lipinski definition) is 7. The Morgan fingerprint density at radius 2 is 1.44 bits per heavy atom. The predicted octanol–water partition coefficient (Wildman–Crippen LogP) is 4.66. The van der Waals surface area contributed by atoms with Crippen LogP contribution in [0.5, 0.6) is 0 Å². The van der Waals surface area contributed by atoms with Crippen molar-refractivity contribution in [3.63, 3.8) is 0 Å². The summed E-state index contributed by atoms with van der Waals surface area (Å²) in [4.78, 5) is 12.1. The van der Waals surface area contributed by atoms with Crippen molar-refractivity contribution in [2.24, 2.45) is 0 Å². The Morgan fingerprint density at radius 3 is 1.86 bits per heavy atom. The number of aliphatic hydroxyl groups is 1. The van der Waals surface area contributed by atoms with E-state index < -0.39 is 40.5 Å². The first-order chi connectivity index (χ1) is 15.8. The van der Waals surface area contributed by atoms with E-state index >= 15 is 0 Å². The molecule has 1 spiro atoms. The van der Waals surface area contributed by atoms with Gasteiger partial charge < -0.3 is 37.7 Å². The Kier molecular flexibility index (Phi) is 13.0. The van der Waals surface area contributed by atoms with Crippen LogP contribution in [0.2, 0.25) is 22.2 Å². The molecule has 8 nitrogen and oxygen atoms in total. The van der Waals surface area contributed by atoms with Crippen molar-refractivity contribution >= 4 is 23.0 Å². The standard InChI is InChI=1S/C24H45NO7Si2.W.Y/c1-10-28-15-29-14-24(27)12-11-23(13-20(26)25-23)21-22(24)31-34(18(6)7,19(8)9)32-33(30-21,16(2)3)17(4)5;;/h11-12,16-19,21-22,27H,10,13-15H2,1-9H3,(H,25,26);;/p-1/t21-,22+,23+,24-;;/m1../s1. The summed E-state index contributed by atoms with van der Waals surface area (Å²) < 4.78 is 32.4. The molecule has 0 aromatic heterocycles. The molecule has 2 fully saturated rings. The van der Waals surface area contributed by atoms with Crippen molar-refractivity contribution in [3.8, 4) is 0 Å². The van der Waals surface area contributed by atoms with Crippen LogP contribution in [0.25, 0.3) is 5.32 Å². The molecule has 1 N–H and O–H groups in total. The van der Waals surface area contributed by atoms with E-state index in [0.29, 0.717) is 6.61 Å². The maximum Gasteiger partial charge on any atom is 0.335 e. The first kappa shape index (κ1) is 35.2. The number of fused-ring (bicyclic) bond motifs is 2. The van der Waals surface area contributed by atoms with Crippen molar-refractivity contribution in [2.45, 2.75) is 114 Å². The average molecular weight is 788 g/mol. The molecule has 2 saturated heterocycles. The van der Waals surface area contributed by atoms with Crippen LogP contribution in [0, 0.1) is 0 Å². The molecule has 0 unspecified atom stereocenters. The van der Waals surface area contributed by atoms with Gasteiger partial charge in [-0.2, -0.15) is 0 Å². The molecular weight excluding hydrogens is 743 g/mol. The first-order valence-corrected chi connectivity index (χ1v) is 16.6. The fraction of sp³-hybridized carbons (Fsp3) is 0.875. The number of β-lactam (4-membered cyclic amide) rings is 1. The van der Waals surface area contributed by atoms with Gasteiger partial charge in [0.2, 0.25) is 0 Å². The van der Waals surface area contributed by atoms with E-state index in [4.69, 9.17) is 22.4 Å². The second kappa shape index (κ2) is 13.2. The van der Waals surface area contributed by atoms with E-state index in [0.717, 1.165) is 0 Å². The number of amides is 1. The molecule has 0 bridgehead atoms. The zero-order valence-corrected chi connectivity index (χ0v) is 31.0. The van der Waals surface area contributed by atoms with Crippen LogP contribution >= 0.6 is 0 Å². The average Bonchev–Trinajstić information content (AvgIpc) is 2.91. The van der Waals surface area contributed by atoms with Crippen LogP contribution in [0.3, 0.4) is 0 Å². The van der Waals surface area contributed by atoms with E-state index in [1.807, 2.05) is 13.0 Å². The van der Waals surface area contributed by atoms with Crippen LogP contribution in [0.15, 0.2) is 12.2 Å². The van der Waals surface area contributed by atoms with Gasteiger partial charge in [-0.3, -0.25) is 0 Å². The summed E-state index contributed by atoms with van der Waals surface area (Å²) in [5.74, 6) is -0.159. The summed E-state index contributed by atoms with van der Waals surface area (Å²) in [6.07, 6.45) is 2.34. The molecule has 0 saturated carbocycles. The molecule has 1 radical (unpaired) electrons. The number of ether oxygens (including phenoxy) is 2. The summed E-state index contributed by atoms with van der Waals surface area (Å²) in [5.41, 5.74) is -1.80. The first-order valence-electron chi connectivity index (χ1n) is 12.7. The molecule has 0 aromatic rings. The largest absolute Gasteiger partial charge is 0.643 e. The molecule has 2 aliphatic heterocycles. The minimum atomic E-state index is -2.94.